The third-order valence-electron chi connectivity index (χ3n) is 2.38. The summed E-state index contributed by atoms with van der Waals surface area (Å²) in [7, 11) is 0. The summed E-state index contributed by atoms with van der Waals surface area (Å²) < 4.78 is 0.883. The number of hydrogen-bond acceptors (Lipinski definition) is 3. The monoisotopic (exact) mass is 315 g/mol. The van der Waals surface area contributed by atoms with Gasteiger partial charge in [0.15, 0.2) is 0 Å². The zero-order chi connectivity index (χ0) is 12.4. The summed E-state index contributed by atoms with van der Waals surface area (Å²) in [5, 5.41) is 10.7. The second-order valence-electron chi connectivity index (χ2n) is 3.54. The number of non-ortho nitro benzene ring substituents is 1. The molecular formula is C12H9BrN2NaO2. The maximum Gasteiger partial charge on any atom is 0.270 e. The van der Waals surface area contributed by atoms with E-state index in [4.69, 9.17) is 5.73 Å². The maximum absolute atomic E-state index is 10.7. The molecular weight excluding hydrogens is 307 g/mol. The van der Waals surface area contributed by atoms with Gasteiger partial charge in [-0.2, -0.15) is 0 Å². The van der Waals surface area contributed by atoms with E-state index >= 15 is 0 Å². The number of anilines is 1. The van der Waals surface area contributed by atoms with E-state index < -0.39 is 4.92 Å². The fourth-order valence-electron chi connectivity index (χ4n) is 1.57. The zero-order valence-corrected chi connectivity index (χ0v) is 13.3. The van der Waals surface area contributed by atoms with Gasteiger partial charge in [-0.25, -0.2) is 0 Å². The van der Waals surface area contributed by atoms with Gasteiger partial charge in [-0.1, -0.05) is 28.1 Å². The van der Waals surface area contributed by atoms with E-state index in [9.17, 15) is 10.1 Å². The molecule has 87 valence electrons. The van der Waals surface area contributed by atoms with Gasteiger partial charge in [0, 0.05) is 57.4 Å². The van der Waals surface area contributed by atoms with Crippen molar-refractivity contribution in [1.82, 2.24) is 0 Å². The number of nitrogen functional groups attached to an aromatic ring is 1. The Labute approximate surface area is 135 Å². The standard InChI is InChI=1S/C12H9BrN2O2.Na/c13-9-4-5-12(14)11(7-9)8-2-1-3-10(6-8)15(16)17;/h1-7H,14H2;. The number of benzene rings is 2. The molecule has 0 atom stereocenters. The molecule has 0 aromatic heterocycles. The van der Waals surface area contributed by atoms with E-state index in [0.717, 1.165) is 15.6 Å². The van der Waals surface area contributed by atoms with Crippen LogP contribution >= 0.6 is 15.9 Å². The molecule has 0 aliphatic rings. The molecule has 0 unspecified atom stereocenters. The average Bonchev–Trinajstić information content (AvgIpc) is 2.32. The van der Waals surface area contributed by atoms with E-state index in [-0.39, 0.29) is 35.2 Å². The van der Waals surface area contributed by atoms with Gasteiger partial charge in [0.05, 0.1) is 4.92 Å². The largest absolute Gasteiger partial charge is 0.398 e. The van der Waals surface area contributed by atoms with E-state index in [1.807, 2.05) is 12.1 Å². The number of rotatable bonds is 2. The first kappa shape index (κ1) is 15.2. The SMILES string of the molecule is Nc1ccc(Br)cc1-c1cccc([N+](=O)[O-])c1.[Na]. The molecule has 6 heteroatoms. The van der Waals surface area contributed by atoms with Crippen LogP contribution in [0.1, 0.15) is 0 Å². The van der Waals surface area contributed by atoms with E-state index in [1.165, 1.54) is 12.1 Å². The van der Waals surface area contributed by atoms with Crippen LogP contribution in [0.25, 0.3) is 11.1 Å². The Morgan fingerprint density at radius 2 is 1.89 bits per heavy atom. The topological polar surface area (TPSA) is 69.2 Å². The predicted octanol–water partition coefficient (Wildman–Crippen LogP) is 3.23. The minimum Gasteiger partial charge on any atom is -0.398 e. The molecule has 0 saturated heterocycles. The first-order valence-corrected chi connectivity index (χ1v) is 5.67. The van der Waals surface area contributed by atoms with Crippen molar-refractivity contribution in [2.24, 2.45) is 0 Å². The first-order valence-electron chi connectivity index (χ1n) is 4.88. The molecule has 0 spiro atoms. The van der Waals surface area contributed by atoms with Crippen LogP contribution in [0.4, 0.5) is 11.4 Å². The molecule has 0 aliphatic heterocycles. The van der Waals surface area contributed by atoms with Crippen LogP contribution < -0.4 is 5.73 Å². The molecule has 2 N–H and O–H groups in total. The average molecular weight is 316 g/mol. The summed E-state index contributed by atoms with van der Waals surface area (Å²) in [4.78, 5) is 10.3. The Bertz CT molecular complexity index is 590. The van der Waals surface area contributed by atoms with Crippen molar-refractivity contribution in [3.63, 3.8) is 0 Å². The van der Waals surface area contributed by atoms with Gasteiger partial charge in [-0.05, 0) is 23.8 Å². The second kappa shape index (κ2) is 6.33. The van der Waals surface area contributed by atoms with E-state index in [2.05, 4.69) is 15.9 Å². The zero-order valence-electron chi connectivity index (χ0n) is 9.76. The molecule has 2 aromatic rings. The van der Waals surface area contributed by atoms with Crippen LogP contribution in [-0.2, 0) is 0 Å². The second-order valence-corrected chi connectivity index (χ2v) is 4.45. The Kier molecular flexibility index (Phi) is 5.34. The van der Waals surface area contributed by atoms with Crippen LogP contribution in [-0.4, -0.2) is 34.5 Å². The number of halogens is 1. The first-order chi connectivity index (χ1) is 8.08. The van der Waals surface area contributed by atoms with Crippen molar-refractivity contribution in [2.45, 2.75) is 0 Å². The third kappa shape index (κ3) is 3.32. The summed E-state index contributed by atoms with van der Waals surface area (Å²) in [6.07, 6.45) is 0. The fourth-order valence-corrected chi connectivity index (χ4v) is 1.93. The summed E-state index contributed by atoms with van der Waals surface area (Å²) in [5.41, 5.74) is 8.02. The molecule has 0 heterocycles. The number of hydrogen-bond donors (Lipinski definition) is 1. The van der Waals surface area contributed by atoms with Gasteiger partial charge in [-0.15, -0.1) is 0 Å². The van der Waals surface area contributed by atoms with Crippen molar-refractivity contribution in [3.8, 4) is 11.1 Å². The van der Waals surface area contributed by atoms with Gasteiger partial charge >= 0.3 is 0 Å². The molecule has 0 bridgehead atoms. The number of nitro benzene ring substituents is 1. The van der Waals surface area contributed by atoms with Crippen molar-refractivity contribution < 1.29 is 4.92 Å². The van der Waals surface area contributed by atoms with Gasteiger partial charge < -0.3 is 5.73 Å². The minimum atomic E-state index is -0.419. The van der Waals surface area contributed by atoms with Gasteiger partial charge in [0.2, 0.25) is 0 Å². The quantitative estimate of drug-likeness (QED) is 0.400. The molecule has 0 aliphatic carbocycles. The van der Waals surface area contributed by atoms with E-state index in [0.29, 0.717) is 5.69 Å². The molecule has 4 nitrogen and oxygen atoms in total. The van der Waals surface area contributed by atoms with Crippen LogP contribution in [0.15, 0.2) is 46.9 Å². The maximum atomic E-state index is 10.7. The van der Waals surface area contributed by atoms with Gasteiger partial charge in [0.25, 0.3) is 5.69 Å². The van der Waals surface area contributed by atoms with Crippen molar-refractivity contribution in [2.75, 3.05) is 5.73 Å². The van der Waals surface area contributed by atoms with Crippen LogP contribution in [0.3, 0.4) is 0 Å². The Hall–Kier alpha value is -0.880. The Morgan fingerprint density at radius 3 is 2.56 bits per heavy atom. The normalized spacial score (nSPS) is 9.61. The smallest absolute Gasteiger partial charge is 0.270 e. The summed E-state index contributed by atoms with van der Waals surface area (Å²) in [6, 6.07) is 11.8. The van der Waals surface area contributed by atoms with Crippen molar-refractivity contribution >= 4 is 56.9 Å². The van der Waals surface area contributed by atoms with Gasteiger partial charge in [0.1, 0.15) is 0 Å². The third-order valence-corrected chi connectivity index (χ3v) is 2.88. The van der Waals surface area contributed by atoms with Crippen molar-refractivity contribution in [3.05, 3.63) is 57.1 Å². The molecule has 18 heavy (non-hydrogen) atoms. The fraction of sp³-hybridized carbons (Fsp3) is 0. The number of nitro groups is 1. The van der Waals surface area contributed by atoms with Gasteiger partial charge in [-0.3, -0.25) is 10.1 Å². The van der Waals surface area contributed by atoms with Crippen molar-refractivity contribution in [1.29, 1.82) is 0 Å². The van der Waals surface area contributed by atoms with Crippen LogP contribution in [0.2, 0.25) is 0 Å². The predicted molar refractivity (Wildman–Crippen MR) is 76.4 cm³/mol. The summed E-state index contributed by atoms with van der Waals surface area (Å²) in [5.74, 6) is 0. The number of nitrogens with two attached hydrogens (primary N) is 1. The summed E-state index contributed by atoms with van der Waals surface area (Å²) >= 11 is 3.35. The Morgan fingerprint density at radius 1 is 1.17 bits per heavy atom. The van der Waals surface area contributed by atoms with Crippen LogP contribution in [0, 0.1) is 10.1 Å². The molecule has 2 rings (SSSR count). The summed E-state index contributed by atoms with van der Waals surface area (Å²) in [6.45, 7) is 0. The molecule has 0 fully saturated rings. The van der Waals surface area contributed by atoms with E-state index in [1.54, 1.807) is 18.2 Å². The minimum absolute atomic E-state index is 0. The molecule has 0 amide bonds. The molecule has 1 radical (unpaired) electrons. The van der Waals surface area contributed by atoms with Crippen LogP contribution in [0.5, 0.6) is 0 Å². The number of nitrogens with zero attached hydrogens (tertiary/aromatic N) is 1. The Balaban J connectivity index is 0.00000162. The molecule has 0 saturated carbocycles. The molecule has 2 aromatic carbocycles.